The number of hydrogen-bond acceptors (Lipinski definition) is 4. The number of carbonyl (C=O) groups is 1. The van der Waals surface area contributed by atoms with Crippen molar-refractivity contribution in [3.05, 3.63) is 23.9 Å². The molecule has 2 fully saturated rings. The molecule has 2 aliphatic heterocycles. The number of aromatic nitrogens is 1. The van der Waals surface area contributed by atoms with Crippen molar-refractivity contribution in [1.82, 2.24) is 14.8 Å². The molecule has 1 atom stereocenters. The highest BCUT2D eigenvalue weighted by Gasteiger charge is 2.42. The highest BCUT2D eigenvalue weighted by molar-refractivity contribution is 5.76. The second-order valence-electron chi connectivity index (χ2n) is 7.19. The monoisotopic (exact) mass is 370 g/mol. The largest absolute Gasteiger partial charge is 0.416 e. The van der Waals surface area contributed by atoms with Gasteiger partial charge in [0.2, 0.25) is 5.91 Å². The first-order chi connectivity index (χ1) is 12.2. The van der Waals surface area contributed by atoms with E-state index in [0.29, 0.717) is 44.8 Å². The van der Waals surface area contributed by atoms with Crippen LogP contribution in [0.5, 0.6) is 0 Å². The number of anilines is 1. The van der Waals surface area contributed by atoms with Crippen molar-refractivity contribution in [2.75, 3.05) is 44.7 Å². The average molecular weight is 370 g/mol. The molecule has 1 aromatic heterocycles. The van der Waals surface area contributed by atoms with Gasteiger partial charge < -0.3 is 9.80 Å². The van der Waals surface area contributed by atoms with Crippen molar-refractivity contribution in [2.24, 2.45) is 0 Å². The minimum Gasteiger partial charge on any atom is -0.353 e. The van der Waals surface area contributed by atoms with Crippen LogP contribution in [0.4, 0.5) is 19.0 Å². The van der Waals surface area contributed by atoms with Gasteiger partial charge in [-0.1, -0.05) is 0 Å². The van der Waals surface area contributed by atoms with Crippen LogP contribution in [0.3, 0.4) is 0 Å². The van der Waals surface area contributed by atoms with E-state index < -0.39 is 11.7 Å². The maximum absolute atomic E-state index is 13.0. The SMILES string of the molecule is CCN1CC[C@]2(CCC1=O)CN(c1cc(C(F)(F)F)ccn1)CCN2C. The van der Waals surface area contributed by atoms with Gasteiger partial charge in [-0.3, -0.25) is 9.69 Å². The molecule has 0 bridgehead atoms. The fourth-order valence-electron chi connectivity index (χ4n) is 3.99. The molecule has 144 valence electrons. The summed E-state index contributed by atoms with van der Waals surface area (Å²) >= 11 is 0. The van der Waals surface area contributed by atoms with Crippen LogP contribution in [-0.2, 0) is 11.0 Å². The van der Waals surface area contributed by atoms with Gasteiger partial charge in [-0.15, -0.1) is 0 Å². The first kappa shape index (κ1) is 18.9. The number of pyridine rings is 1. The zero-order valence-corrected chi connectivity index (χ0v) is 15.2. The standard InChI is InChI=1S/C18H25F3N4O/c1-3-24-9-7-17(6-4-16(24)26)13-25(11-10-23(17)2)15-12-14(5-8-22-15)18(19,20)21/h5,8,12H,3-4,6-7,9-11,13H2,1-2H3/t17-/m1/s1. The van der Waals surface area contributed by atoms with E-state index >= 15 is 0 Å². The van der Waals surface area contributed by atoms with Crippen molar-refractivity contribution in [3.63, 3.8) is 0 Å². The van der Waals surface area contributed by atoms with Gasteiger partial charge in [-0.25, -0.2) is 4.98 Å². The quantitative estimate of drug-likeness (QED) is 0.802. The van der Waals surface area contributed by atoms with E-state index in [1.54, 1.807) is 0 Å². The molecule has 1 spiro atoms. The molecule has 2 aliphatic rings. The molecule has 0 aliphatic carbocycles. The lowest BCUT2D eigenvalue weighted by Crippen LogP contribution is -2.61. The van der Waals surface area contributed by atoms with Crippen LogP contribution >= 0.6 is 0 Å². The van der Waals surface area contributed by atoms with Crippen molar-refractivity contribution in [2.45, 2.75) is 37.9 Å². The molecule has 0 unspecified atom stereocenters. The molecule has 3 rings (SSSR count). The van der Waals surface area contributed by atoms with E-state index in [1.165, 1.54) is 6.20 Å². The van der Waals surface area contributed by atoms with Gasteiger partial charge in [0, 0.05) is 50.9 Å². The van der Waals surface area contributed by atoms with Crippen LogP contribution < -0.4 is 4.90 Å². The number of amides is 1. The molecule has 5 nitrogen and oxygen atoms in total. The molecular formula is C18H25F3N4O. The zero-order valence-electron chi connectivity index (χ0n) is 15.2. The van der Waals surface area contributed by atoms with Gasteiger partial charge in [-0.05, 0) is 38.9 Å². The number of piperazine rings is 1. The maximum atomic E-state index is 13.0. The summed E-state index contributed by atoms with van der Waals surface area (Å²) in [4.78, 5) is 22.5. The minimum atomic E-state index is -4.38. The maximum Gasteiger partial charge on any atom is 0.416 e. The first-order valence-electron chi connectivity index (χ1n) is 9.02. The molecule has 0 N–H and O–H groups in total. The van der Waals surface area contributed by atoms with Crippen LogP contribution in [0.25, 0.3) is 0 Å². The lowest BCUT2D eigenvalue weighted by atomic mass is 9.86. The lowest BCUT2D eigenvalue weighted by Gasteiger charge is -2.49. The smallest absolute Gasteiger partial charge is 0.353 e. The summed E-state index contributed by atoms with van der Waals surface area (Å²) in [6.45, 7) is 5.29. The molecule has 26 heavy (non-hydrogen) atoms. The van der Waals surface area contributed by atoms with E-state index in [4.69, 9.17) is 0 Å². The average Bonchev–Trinajstić information content (AvgIpc) is 2.77. The second kappa shape index (κ2) is 7.06. The summed E-state index contributed by atoms with van der Waals surface area (Å²) in [5, 5.41) is 0. The number of carbonyl (C=O) groups excluding carboxylic acids is 1. The van der Waals surface area contributed by atoms with E-state index in [0.717, 1.165) is 25.1 Å². The summed E-state index contributed by atoms with van der Waals surface area (Å²) in [7, 11) is 2.04. The molecule has 0 saturated carbocycles. The summed E-state index contributed by atoms with van der Waals surface area (Å²) in [5.41, 5.74) is -0.892. The Labute approximate surface area is 151 Å². The van der Waals surface area contributed by atoms with E-state index in [2.05, 4.69) is 9.88 Å². The van der Waals surface area contributed by atoms with Gasteiger partial charge in [-0.2, -0.15) is 13.2 Å². The van der Waals surface area contributed by atoms with E-state index in [-0.39, 0.29) is 11.4 Å². The third-order valence-electron chi connectivity index (χ3n) is 5.78. The Morgan fingerprint density at radius 1 is 1.23 bits per heavy atom. The van der Waals surface area contributed by atoms with Crippen molar-refractivity contribution >= 4 is 11.7 Å². The van der Waals surface area contributed by atoms with Crippen molar-refractivity contribution in [1.29, 1.82) is 0 Å². The van der Waals surface area contributed by atoms with Crippen LogP contribution in [0, 0.1) is 0 Å². The van der Waals surface area contributed by atoms with Crippen LogP contribution in [-0.4, -0.2) is 66.0 Å². The third-order valence-corrected chi connectivity index (χ3v) is 5.78. The predicted molar refractivity (Wildman–Crippen MR) is 92.9 cm³/mol. The zero-order chi connectivity index (χ0) is 18.9. The lowest BCUT2D eigenvalue weighted by molar-refractivity contribution is -0.137. The molecule has 8 heteroatoms. The summed E-state index contributed by atoms with van der Waals surface area (Å²) in [5.74, 6) is 0.516. The minimum absolute atomic E-state index is 0.159. The Bertz CT molecular complexity index is 666. The number of likely N-dealkylation sites (N-methyl/N-ethyl adjacent to an activating group) is 1. The molecule has 2 saturated heterocycles. The number of nitrogens with zero attached hydrogens (tertiary/aromatic N) is 4. The Morgan fingerprint density at radius 3 is 2.69 bits per heavy atom. The topological polar surface area (TPSA) is 39.7 Å². The number of alkyl halides is 3. The molecule has 1 amide bonds. The number of likely N-dealkylation sites (tertiary alicyclic amines) is 1. The Hall–Kier alpha value is -1.83. The fraction of sp³-hybridized carbons (Fsp3) is 0.667. The normalized spacial score (nSPS) is 25.7. The fourth-order valence-corrected chi connectivity index (χ4v) is 3.99. The third kappa shape index (κ3) is 3.65. The highest BCUT2D eigenvalue weighted by atomic mass is 19.4. The summed E-state index contributed by atoms with van der Waals surface area (Å²) < 4.78 is 39.1. The number of halogens is 3. The molecule has 0 radical (unpaired) electrons. The highest BCUT2D eigenvalue weighted by Crippen LogP contribution is 2.35. The van der Waals surface area contributed by atoms with Gasteiger partial charge in [0.25, 0.3) is 0 Å². The van der Waals surface area contributed by atoms with Gasteiger partial charge in [0.05, 0.1) is 5.56 Å². The number of hydrogen-bond donors (Lipinski definition) is 0. The molecule has 3 heterocycles. The molecule has 1 aromatic rings. The van der Waals surface area contributed by atoms with E-state index in [1.807, 2.05) is 23.8 Å². The molecular weight excluding hydrogens is 345 g/mol. The van der Waals surface area contributed by atoms with Crippen LogP contribution in [0.15, 0.2) is 18.3 Å². The summed E-state index contributed by atoms with van der Waals surface area (Å²) in [6.07, 6.45) is -1.15. The van der Waals surface area contributed by atoms with Gasteiger partial charge >= 0.3 is 6.18 Å². The van der Waals surface area contributed by atoms with Gasteiger partial charge in [0.15, 0.2) is 0 Å². The van der Waals surface area contributed by atoms with Crippen LogP contribution in [0.2, 0.25) is 0 Å². The Balaban J connectivity index is 1.83. The van der Waals surface area contributed by atoms with Gasteiger partial charge in [0.1, 0.15) is 5.82 Å². The first-order valence-corrected chi connectivity index (χ1v) is 9.02. The number of rotatable bonds is 2. The van der Waals surface area contributed by atoms with Crippen molar-refractivity contribution < 1.29 is 18.0 Å². The van der Waals surface area contributed by atoms with Crippen LogP contribution in [0.1, 0.15) is 31.7 Å². The Morgan fingerprint density at radius 2 is 2.00 bits per heavy atom. The second-order valence-corrected chi connectivity index (χ2v) is 7.19. The van der Waals surface area contributed by atoms with E-state index in [9.17, 15) is 18.0 Å². The predicted octanol–water partition coefficient (Wildman–Crippen LogP) is 2.62. The Kier molecular flexibility index (Phi) is 5.14. The summed E-state index contributed by atoms with van der Waals surface area (Å²) in [6, 6.07) is 2.12. The van der Waals surface area contributed by atoms with Crippen molar-refractivity contribution in [3.8, 4) is 0 Å². The molecule has 0 aromatic carbocycles.